The van der Waals surface area contributed by atoms with Gasteiger partial charge in [0, 0.05) is 12.5 Å². The second-order valence-electron chi connectivity index (χ2n) is 3.79. The SMILES string of the molecule is CCO[C@@H]1c2cc(CO)ccc2[C@@H]1C. The molecule has 1 aromatic carbocycles. The summed E-state index contributed by atoms with van der Waals surface area (Å²) in [4.78, 5) is 0. The maximum atomic E-state index is 9.02. The molecule has 0 unspecified atom stereocenters. The molecule has 2 atom stereocenters. The van der Waals surface area contributed by atoms with Gasteiger partial charge in [-0.2, -0.15) is 0 Å². The van der Waals surface area contributed by atoms with Crippen LogP contribution < -0.4 is 0 Å². The predicted molar refractivity (Wildman–Crippen MR) is 55.1 cm³/mol. The fraction of sp³-hybridized carbons (Fsp3) is 0.500. The molecular weight excluding hydrogens is 176 g/mol. The van der Waals surface area contributed by atoms with Gasteiger partial charge in [0.25, 0.3) is 0 Å². The van der Waals surface area contributed by atoms with Crippen LogP contribution in [0.15, 0.2) is 18.2 Å². The lowest BCUT2D eigenvalue weighted by Crippen LogP contribution is -2.24. The molecule has 0 amide bonds. The highest BCUT2D eigenvalue weighted by Gasteiger charge is 2.34. The number of hydrogen-bond acceptors (Lipinski definition) is 2. The Morgan fingerprint density at radius 1 is 1.36 bits per heavy atom. The lowest BCUT2D eigenvalue weighted by Gasteiger charge is -2.37. The van der Waals surface area contributed by atoms with Crippen molar-refractivity contribution in [1.82, 2.24) is 0 Å². The molecule has 1 aromatic rings. The Morgan fingerprint density at radius 2 is 2.14 bits per heavy atom. The smallest absolute Gasteiger partial charge is 0.0893 e. The zero-order valence-electron chi connectivity index (χ0n) is 8.66. The lowest BCUT2D eigenvalue weighted by molar-refractivity contribution is 0.0262. The van der Waals surface area contributed by atoms with Crippen molar-refractivity contribution in [2.75, 3.05) is 6.61 Å². The predicted octanol–water partition coefficient (Wildman–Crippen LogP) is 2.37. The van der Waals surface area contributed by atoms with E-state index >= 15 is 0 Å². The zero-order valence-corrected chi connectivity index (χ0v) is 8.66. The topological polar surface area (TPSA) is 29.5 Å². The first-order valence-corrected chi connectivity index (χ1v) is 5.13. The van der Waals surface area contributed by atoms with Crippen molar-refractivity contribution in [2.45, 2.75) is 32.5 Å². The molecule has 2 nitrogen and oxygen atoms in total. The molecule has 0 saturated heterocycles. The highest BCUT2D eigenvalue weighted by molar-refractivity contribution is 5.45. The van der Waals surface area contributed by atoms with E-state index < -0.39 is 0 Å². The summed E-state index contributed by atoms with van der Waals surface area (Å²) in [6, 6.07) is 6.13. The second-order valence-corrected chi connectivity index (χ2v) is 3.79. The average molecular weight is 192 g/mol. The Kier molecular flexibility index (Phi) is 2.57. The van der Waals surface area contributed by atoms with E-state index in [0.29, 0.717) is 5.92 Å². The molecule has 0 aromatic heterocycles. The summed E-state index contributed by atoms with van der Waals surface area (Å²) >= 11 is 0. The summed E-state index contributed by atoms with van der Waals surface area (Å²) in [6.07, 6.45) is 0.237. The van der Waals surface area contributed by atoms with E-state index in [4.69, 9.17) is 9.84 Å². The van der Waals surface area contributed by atoms with Crippen LogP contribution >= 0.6 is 0 Å². The number of rotatable bonds is 3. The lowest BCUT2D eigenvalue weighted by atomic mass is 9.75. The van der Waals surface area contributed by atoms with E-state index in [1.54, 1.807) is 0 Å². The van der Waals surface area contributed by atoms with Gasteiger partial charge in [-0.15, -0.1) is 0 Å². The van der Waals surface area contributed by atoms with Gasteiger partial charge in [0.1, 0.15) is 0 Å². The van der Waals surface area contributed by atoms with Crippen LogP contribution in [0.25, 0.3) is 0 Å². The third kappa shape index (κ3) is 1.35. The average Bonchev–Trinajstić information content (AvgIpc) is 2.24. The van der Waals surface area contributed by atoms with Crippen molar-refractivity contribution >= 4 is 0 Å². The summed E-state index contributed by atoms with van der Waals surface area (Å²) in [5.74, 6) is 0.498. The number of hydrogen-bond donors (Lipinski definition) is 1. The number of aliphatic hydroxyl groups is 1. The minimum atomic E-state index is 0.112. The van der Waals surface area contributed by atoms with Crippen LogP contribution in [0.5, 0.6) is 0 Å². The normalized spacial score (nSPS) is 24.2. The Morgan fingerprint density at radius 3 is 2.79 bits per heavy atom. The molecule has 1 aliphatic rings. The van der Waals surface area contributed by atoms with Crippen molar-refractivity contribution in [3.8, 4) is 0 Å². The summed E-state index contributed by atoms with van der Waals surface area (Å²) in [7, 11) is 0. The Bertz CT molecular complexity index is 333. The molecule has 0 saturated carbocycles. The van der Waals surface area contributed by atoms with Gasteiger partial charge in [-0.3, -0.25) is 0 Å². The van der Waals surface area contributed by atoms with E-state index in [-0.39, 0.29) is 12.7 Å². The summed E-state index contributed by atoms with van der Waals surface area (Å²) in [6.45, 7) is 5.06. The van der Waals surface area contributed by atoms with E-state index in [2.05, 4.69) is 19.1 Å². The fourth-order valence-electron chi connectivity index (χ4n) is 2.13. The molecular formula is C12H16O2. The van der Waals surface area contributed by atoms with Gasteiger partial charge >= 0.3 is 0 Å². The third-order valence-electron chi connectivity index (χ3n) is 2.93. The van der Waals surface area contributed by atoms with Crippen molar-refractivity contribution in [1.29, 1.82) is 0 Å². The fourth-order valence-corrected chi connectivity index (χ4v) is 2.13. The molecule has 0 radical (unpaired) electrons. The van der Waals surface area contributed by atoms with Gasteiger partial charge in [-0.05, 0) is 23.6 Å². The van der Waals surface area contributed by atoms with Crippen LogP contribution in [0.2, 0.25) is 0 Å². The van der Waals surface area contributed by atoms with Gasteiger partial charge in [-0.25, -0.2) is 0 Å². The van der Waals surface area contributed by atoms with Gasteiger partial charge in [0.2, 0.25) is 0 Å². The molecule has 0 fully saturated rings. The summed E-state index contributed by atoms with van der Waals surface area (Å²) in [5, 5.41) is 9.02. The molecule has 0 aliphatic heterocycles. The van der Waals surface area contributed by atoms with Crippen molar-refractivity contribution < 1.29 is 9.84 Å². The van der Waals surface area contributed by atoms with E-state index in [1.165, 1.54) is 11.1 Å². The maximum Gasteiger partial charge on any atom is 0.0893 e. The summed E-state index contributed by atoms with van der Waals surface area (Å²) in [5.41, 5.74) is 3.59. The van der Waals surface area contributed by atoms with Crippen LogP contribution in [0, 0.1) is 0 Å². The minimum Gasteiger partial charge on any atom is -0.392 e. The molecule has 1 N–H and O–H groups in total. The number of benzene rings is 1. The second kappa shape index (κ2) is 3.71. The van der Waals surface area contributed by atoms with Gasteiger partial charge in [0.05, 0.1) is 12.7 Å². The van der Waals surface area contributed by atoms with Crippen molar-refractivity contribution in [2.24, 2.45) is 0 Å². The number of fused-ring (bicyclic) bond motifs is 1. The Balaban J connectivity index is 2.27. The Labute approximate surface area is 84.5 Å². The van der Waals surface area contributed by atoms with Gasteiger partial charge in [0.15, 0.2) is 0 Å². The first kappa shape index (κ1) is 9.69. The van der Waals surface area contributed by atoms with Crippen molar-refractivity contribution in [3.63, 3.8) is 0 Å². The maximum absolute atomic E-state index is 9.02. The Hall–Kier alpha value is -0.860. The molecule has 2 rings (SSSR count). The van der Waals surface area contributed by atoms with E-state index in [1.807, 2.05) is 13.0 Å². The monoisotopic (exact) mass is 192 g/mol. The quantitative estimate of drug-likeness (QED) is 0.796. The molecule has 0 heterocycles. The van der Waals surface area contributed by atoms with E-state index in [9.17, 15) is 0 Å². The summed E-state index contributed by atoms with van der Waals surface area (Å²) < 4.78 is 5.63. The van der Waals surface area contributed by atoms with Gasteiger partial charge in [-0.1, -0.05) is 25.1 Å². The van der Waals surface area contributed by atoms with Crippen molar-refractivity contribution in [3.05, 3.63) is 34.9 Å². The molecule has 76 valence electrons. The largest absolute Gasteiger partial charge is 0.392 e. The highest BCUT2D eigenvalue weighted by atomic mass is 16.5. The molecule has 2 heteroatoms. The minimum absolute atomic E-state index is 0.112. The molecule has 0 bridgehead atoms. The number of aliphatic hydroxyl groups excluding tert-OH is 1. The molecule has 1 aliphatic carbocycles. The third-order valence-corrected chi connectivity index (χ3v) is 2.93. The highest BCUT2D eigenvalue weighted by Crippen LogP contribution is 2.47. The van der Waals surface area contributed by atoms with Crippen LogP contribution in [-0.2, 0) is 11.3 Å². The van der Waals surface area contributed by atoms with Crippen LogP contribution in [0.1, 0.15) is 42.6 Å². The van der Waals surface area contributed by atoms with E-state index in [0.717, 1.165) is 12.2 Å². The molecule has 0 spiro atoms. The first-order chi connectivity index (χ1) is 6.77. The molecule has 14 heavy (non-hydrogen) atoms. The van der Waals surface area contributed by atoms with Crippen LogP contribution in [0.4, 0.5) is 0 Å². The number of ether oxygens (including phenoxy) is 1. The van der Waals surface area contributed by atoms with Crippen LogP contribution in [0.3, 0.4) is 0 Å². The standard InChI is InChI=1S/C12H16O2/c1-3-14-12-8(2)10-5-4-9(7-13)6-11(10)12/h4-6,8,12-13H,3,7H2,1-2H3/t8-,12-/m0/s1. The first-order valence-electron chi connectivity index (χ1n) is 5.13. The zero-order chi connectivity index (χ0) is 10.1. The van der Waals surface area contributed by atoms with Crippen LogP contribution in [-0.4, -0.2) is 11.7 Å². The van der Waals surface area contributed by atoms with Gasteiger partial charge < -0.3 is 9.84 Å².